The maximum atomic E-state index is 15.2. The Balaban J connectivity index is 1.14. The first kappa shape index (κ1) is 36.8. The minimum atomic E-state index is -2.36. The molecule has 1 fully saturated rings. The Morgan fingerprint density at radius 3 is 2.51 bits per heavy atom. The summed E-state index contributed by atoms with van der Waals surface area (Å²) in [7, 11) is -0.700. The van der Waals surface area contributed by atoms with Crippen LogP contribution < -0.4 is 20.4 Å². The van der Waals surface area contributed by atoms with Crippen LogP contribution >= 0.6 is 11.6 Å². The highest BCUT2D eigenvalue weighted by atomic mass is 35.5. The maximum absolute atomic E-state index is 15.2. The summed E-state index contributed by atoms with van der Waals surface area (Å²) in [5, 5.41) is 25.5. The number of aliphatic hydroxyl groups excluding tert-OH is 1. The first-order valence-electron chi connectivity index (χ1n) is 18.6. The number of anilines is 1. The van der Waals surface area contributed by atoms with Crippen molar-refractivity contribution in [3.63, 3.8) is 0 Å². The minimum Gasteiger partial charge on any atom is -0.497 e. The lowest BCUT2D eigenvalue weighted by Crippen LogP contribution is -2.51. The van der Waals surface area contributed by atoms with Crippen molar-refractivity contribution < 1.29 is 19.4 Å². The van der Waals surface area contributed by atoms with Gasteiger partial charge in [-0.15, -0.1) is 5.10 Å². The van der Waals surface area contributed by atoms with E-state index in [1.165, 1.54) is 9.87 Å². The maximum Gasteiger partial charge on any atom is 0.279 e. The molecule has 1 N–H and O–H groups in total. The lowest BCUT2D eigenvalue weighted by molar-refractivity contribution is -0.146. The van der Waals surface area contributed by atoms with Gasteiger partial charge in [0.1, 0.15) is 5.75 Å². The molecule has 1 amide bonds. The SMILES string of the molecule is COc1ccc([Si](C)(C)[C@@H]2[C@@H](CCn3cc(CCO)nn3)O[C@]3(C(=O)N(Cc4ccc(-n5ncc6ccccc6c5=O)cc4)c4ccc(Cl)cc43)[C@H]2C)cc1. The highest BCUT2D eigenvalue weighted by molar-refractivity contribution is 6.91. The molecule has 282 valence electrons. The smallest absolute Gasteiger partial charge is 0.279 e. The van der Waals surface area contributed by atoms with Crippen LogP contribution in [0.15, 0.2) is 108 Å². The number of nitrogens with zero attached hydrogens (tertiary/aromatic N) is 6. The van der Waals surface area contributed by atoms with Gasteiger partial charge in [0.05, 0.1) is 56.5 Å². The number of aliphatic hydroxyl groups is 1. The lowest BCUT2D eigenvalue weighted by Gasteiger charge is -2.37. The molecule has 55 heavy (non-hydrogen) atoms. The predicted octanol–water partition coefficient (Wildman–Crippen LogP) is 6.03. The fraction of sp³-hybridized carbons (Fsp3) is 0.310. The Bertz CT molecular complexity index is 2430. The molecule has 11 nitrogen and oxygen atoms in total. The van der Waals surface area contributed by atoms with Gasteiger partial charge in [0.15, 0.2) is 5.60 Å². The summed E-state index contributed by atoms with van der Waals surface area (Å²) in [4.78, 5) is 30.3. The zero-order valence-electron chi connectivity index (χ0n) is 31.2. The summed E-state index contributed by atoms with van der Waals surface area (Å²) in [6.07, 6.45) is 4.31. The van der Waals surface area contributed by atoms with Gasteiger partial charge in [0, 0.05) is 47.7 Å². The van der Waals surface area contributed by atoms with Gasteiger partial charge in [0.25, 0.3) is 11.5 Å². The molecule has 4 aromatic carbocycles. The van der Waals surface area contributed by atoms with Crippen LogP contribution in [0.3, 0.4) is 0 Å². The van der Waals surface area contributed by atoms with Crippen molar-refractivity contribution in [2.75, 3.05) is 18.6 Å². The number of amides is 1. The molecule has 0 saturated carbocycles. The number of aromatic nitrogens is 5. The first-order valence-corrected chi connectivity index (χ1v) is 22.0. The molecule has 0 unspecified atom stereocenters. The fourth-order valence-corrected chi connectivity index (χ4v) is 13.1. The van der Waals surface area contributed by atoms with E-state index in [0.29, 0.717) is 42.0 Å². The van der Waals surface area contributed by atoms with Crippen LogP contribution in [0.1, 0.15) is 30.2 Å². The van der Waals surface area contributed by atoms with Gasteiger partial charge in [-0.25, -0.2) is 0 Å². The van der Waals surface area contributed by atoms with Crippen LogP contribution in [0.4, 0.5) is 5.69 Å². The van der Waals surface area contributed by atoms with Crippen molar-refractivity contribution in [3.05, 3.63) is 136 Å². The van der Waals surface area contributed by atoms with Crippen molar-refractivity contribution in [2.45, 2.75) is 63.2 Å². The first-order chi connectivity index (χ1) is 26.5. The summed E-state index contributed by atoms with van der Waals surface area (Å²) in [5.74, 6) is 0.470. The zero-order chi connectivity index (χ0) is 38.5. The molecule has 6 aromatic rings. The van der Waals surface area contributed by atoms with Crippen molar-refractivity contribution >= 4 is 47.2 Å². The van der Waals surface area contributed by atoms with Crippen LogP contribution in [0, 0.1) is 5.92 Å². The summed E-state index contributed by atoms with van der Waals surface area (Å²) in [6, 6.07) is 28.9. The largest absolute Gasteiger partial charge is 0.497 e. The molecule has 2 aromatic heterocycles. The monoisotopic (exact) mass is 774 g/mol. The Morgan fingerprint density at radius 2 is 1.76 bits per heavy atom. The fourth-order valence-electron chi connectivity index (χ4n) is 8.85. The number of benzene rings is 4. The van der Waals surface area contributed by atoms with E-state index < -0.39 is 13.7 Å². The minimum absolute atomic E-state index is 0.000600. The highest BCUT2D eigenvalue weighted by Crippen LogP contribution is 2.60. The molecule has 2 aliphatic heterocycles. The number of carbonyl (C=O) groups is 1. The standard InChI is InChI=1S/C42H43ClN6O5Si/c1-27-39(55(3,4)34-16-14-33(53-2)15-17-34)38(19-21-47-26-31(20-22-50)45-46-47)54-42(27)36-23-30(43)11-18-37(36)48(41(42)52)25-28-9-12-32(13-10-28)49-40(51)35-8-6-5-7-29(35)24-44-49/h5-18,23-24,26-27,38-39,50H,19-22,25H2,1-4H3/t27-,38+,39-,42+/m0/s1. The van der Waals surface area contributed by atoms with E-state index in [-0.39, 0.29) is 35.6 Å². The van der Waals surface area contributed by atoms with Gasteiger partial charge in [-0.2, -0.15) is 9.78 Å². The Morgan fingerprint density at radius 1 is 1.00 bits per heavy atom. The van der Waals surface area contributed by atoms with Crippen LogP contribution in [-0.4, -0.2) is 63.7 Å². The van der Waals surface area contributed by atoms with E-state index >= 15 is 4.79 Å². The zero-order valence-corrected chi connectivity index (χ0v) is 33.0. The number of rotatable bonds is 11. The van der Waals surface area contributed by atoms with Crippen LogP contribution in [0.2, 0.25) is 23.7 Å². The van der Waals surface area contributed by atoms with Gasteiger partial charge in [0.2, 0.25) is 0 Å². The molecule has 0 bridgehead atoms. The average Bonchev–Trinajstić information content (AvgIpc) is 3.84. The molecule has 13 heteroatoms. The number of hydrogen-bond acceptors (Lipinski definition) is 8. The normalized spacial score (nSPS) is 20.8. The second-order valence-corrected chi connectivity index (χ2v) is 20.2. The van der Waals surface area contributed by atoms with E-state index in [2.05, 4.69) is 47.6 Å². The summed E-state index contributed by atoms with van der Waals surface area (Å²) < 4.78 is 15.9. The van der Waals surface area contributed by atoms with E-state index in [9.17, 15) is 9.90 Å². The molecule has 4 heterocycles. The lowest BCUT2D eigenvalue weighted by atomic mass is 9.82. The van der Waals surface area contributed by atoms with Gasteiger partial charge >= 0.3 is 0 Å². The number of halogens is 1. The topological polar surface area (TPSA) is 125 Å². The van der Waals surface area contributed by atoms with E-state index in [1.54, 1.807) is 24.1 Å². The third-order valence-corrected chi connectivity index (χ3v) is 16.2. The summed E-state index contributed by atoms with van der Waals surface area (Å²) in [5.41, 5.74) is 2.37. The molecule has 1 saturated heterocycles. The molecule has 1 spiro atoms. The molecule has 0 aliphatic carbocycles. The third kappa shape index (κ3) is 6.36. The van der Waals surface area contributed by atoms with Crippen molar-refractivity contribution in [2.24, 2.45) is 5.92 Å². The number of methoxy groups -OCH3 is 1. The quantitative estimate of drug-likeness (QED) is 0.159. The van der Waals surface area contributed by atoms with Crippen LogP contribution in [-0.2, 0) is 34.6 Å². The van der Waals surface area contributed by atoms with Gasteiger partial charge in [-0.05, 0) is 66.1 Å². The average molecular weight is 775 g/mol. The Hall–Kier alpha value is -5.14. The number of hydrogen-bond donors (Lipinski definition) is 1. The molecular weight excluding hydrogens is 732 g/mol. The van der Waals surface area contributed by atoms with E-state index in [0.717, 1.165) is 33.6 Å². The Labute approximate surface area is 325 Å². The number of carbonyl (C=O) groups excluding carboxylic acids is 1. The van der Waals surface area contributed by atoms with E-state index in [1.807, 2.05) is 83.9 Å². The van der Waals surface area contributed by atoms with Crippen molar-refractivity contribution in [1.29, 1.82) is 0 Å². The molecule has 8 rings (SSSR count). The number of ether oxygens (including phenoxy) is 2. The number of fused-ring (bicyclic) bond motifs is 3. The Kier molecular flexibility index (Phi) is 9.70. The van der Waals surface area contributed by atoms with Gasteiger partial charge < -0.3 is 19.5 Å². The molecular formula is C42H43ClN6O5Si. The van der Waals surface area contributed by atoms with Crippen molar-refractivity contribution in [1.82, 2.24) is 24.8 Å². The van der Waals surface area contributed by atoms with E-state index in [4.69, 9.17) is 21.1 Å². The van der Waals surface area contributed by atoms with Gasteiger partial charge in [-0.3, -0.25) is 14.3 Å². The summed E-state index contributed by atoms with van der Waals surface area (Å²) >= 11 is 6.71. The second kappa shape index (κ2) is 14.5. The molecule has 2 aliphatic rings. The predicted molar refractivity (Wildman–Crippen MR) is 215 cm³/mol. The number of aryl methyl sites for hydroxylation is 1. The van der Waals surface area contributed by atoms with Crippen molar-refractivity contribution in [3.8, 4) is 11.4 Å². The molecule has 4 atom stereocenters. The second-order valence-electron chi connectivity index (χ2n) is 15.1. The van der Waals surface area contributed by atoms with Crippen LogP contribution in [0.5, 0.6) is 5.75 Å². The highest BCUT2D eigenvalue weighted by Gasteiger charge is 2.66. The molecule has 0 radical (unpaired) electrons. The van der Waals surface area contributed by atoms with Crippen LogP contribution in [0.25, 0.3) is 16.5 Å². The van der Waals surface area contributed by atoms with Gasteiger partial charge in [-0.1, -0.05) is 84.5 Å². The summed E-state index contributed by atoms with van der Waals surface area (Å²) in [6.45, 7) is 7.71. The third-order valence-electron chi connectivity index (χ3n) is 11.6.